The summed E-state index contributed by atoms with van der Waals surface area (Å²) < 4.78 is 6.39. The highest BCUT2D eigenvalue weighted by molar-refractivity contribution is 5.95. The van der Waals surface area contributed by atoms with Gasteiger partial charge in [0, 0.05) is 37.2 Å². The van der Waals surface area contributed by atoms with Gasteiger partial charge in [-0.3, -0.25) is 9.59 Å². The lowest BCUT2D eigenvalue weighted by Gasteiger charge is -2.53. The maximum absolute atomic E-state index is 12.7. The molecule has 2 aliphatic carbocycles. The van der Waals surface area contributed by atoms with Gasteiger partial charge in [-0.25, -0.2) is 0 Å². The van der Waals surface area contributed by atoms with E-state index < -0.39 is 0 Å². The third-order valence-corrected chi connectivity index (χ3v) is 8.92. The zero-order valence-corrected chi connectivity index (χ0v) is 19.3. The second-order valence-electron chi connectivity index (χ2n) is 11.2. The minimum absolute atomic E-state index is 0.00116. The van der Waals surface area contributed by atoms with Crippen LogP contribution in [0.5, 0.6) is 0 Å². The van der Waals surface area contributed by atoms with Gasteiger partial charge in [-0.1, -0.05) is 39.8 Å². The van der Waals surface area contributed by atoms with Crippen molar-refractivity contribution in [1.82, 2.24) is 5.32 Å². The topological polar surface area (TPSA) is 58.6 Å². The van der Waals surface area contributed by atoms with E-state index in [9.17, 15) is 9.59 Å². The van der Waals surface area contributed by atoms with Crippen molar-refractivity contribution in [2.24, 2.45) is 28.6 Å². The summed E-state index contributed by atoms with van der Waals surface area (Å²) in [5.74, 6) is 1.43. The average molecular weight is 425 g/mol. The van der Waals surface area contributed by atoms with Crippen molar-refractivity contribution < 1.29 is 14.3 Å². The second kappa shape index (κ2) is 7.33. The molecule has 5 rings (SSSR count). The van der Waals surface area contributed by atoms with Crippen LogP contribution in [0.1, 0.15) is 71.5 Å². The molecule has 1 aromatic carbocycles. The first kappa shape index (κ1) is 21.0. The van der Waals surface area contributed by atoms with Crippen molar-refractivity contribution in [1.29, 1.82) is 0 Å². The number of amides is 2. The lowest BCUT2D eigenvalue weighted by atomic mass is 9.58. The molecule has 4 fully saturated rings. The number of carbonyl (C=O) groups excluding carboxylic acids is 2. The summed E-state index contributed by atoms with van der Waals surface area (Å²) in [5.41, 5.74) is 2.43. The number of benzene rings is 1. The van der Waals surface area contributed by atoms with Crippen LogP contribution >= 0.6 is 0 Å². The van der Waals surface area contributed by atoms with Crippen molar-refractivity contribution in [3.05, 3.63) is 29.8 Å². The van der Waals surface area contributed by atoms with Gasteiger partial charge in [0.05, 0.1) is 6.10 Å². The van der Waals surface area contributed by atoms with Crippen LogP contribution in [-0.4, -0.2) is 31.0 Å². The monoisotopic (exact) mass is 424 g/mol. The first-order valence-electron chi connectivity index (χ1n) is 12.1. The summed E-state index contributed by atoms with van der Waals surface area (Å²) in [5, 5.41) is 3.47. The van der Waals surface area contributed by atoms with Crippen LogP contribution in [-0.2, 0) is 14.3 Å². The fourth-order valence-electron chi connectivity index (χ4n) is 7.19. The molecule has 31 heavy (non-hydrogen) atoms. The summed E-state index contributed by atoms with van der Waals surface area (Å²) >= 11 is 0. The molecule has 0 unspecified atom stereocenters. The van der Waals surface area contributed by atoms with Crippen LogP contribution in [0.15, 0.2) is 24.3 Å². The van der Waals surface area contributed by atoms with E-state index in [0.29, 0.717) is 18.3 Å². The fraction of sp³-hybridized carbons (Fsp3) is 0.692. The predicted octanol–water partition coefficient (Wildman–Crippen LogP) is 4.47. The Morgan fingerprint density at radius 1 is 1.23 bits per heavy atom. The summed E-state index contributed by atoms with van der Waals surface area (Å²) in [6.07, 6.45) is 5.04. The Hall–Kier alpha value is -1.88. The van der Waals surface area contributed by atoms with E-state index in [1.54, 1.807) is 0 Å². The van der Waals surface area contributed by atoms with Gasteiger partial charge in [-0.05, 0) is 66.0 Å². The van der Waals surface area contributed by atoms with Gasteiger partial charge >= 0.3 is 0 Å². The predicted molar refractivity (Wildman–Crippen MR) is 121 cm³/mol. The van der Waals surface area contributed by atoms with Crippen LogP contribution < -0.4 is 10.2 Å². The van der Waals surface area contributed by atoms with Crippen molar-refractivity contribution in [2.45, 2.75) is 71.9 Å². The van der Waals surface area contributed by atoms with E-state index in [2.05, 4.69) is 43.4 Å². The number of hydrogen-bond donors (Lipinski definition) is 1. The first-order chi connectivity index (χ1) is 14.7. The Balaban J connectivity index is 1.42. The normalized spacial score (nSPS) is 36.2. The lowest BCUT2D eigenvalue weighted by molar-refractivity contribution is -0.139. The highest BCUT2D eigenvalue weighted by atomic mass is 16.5. The Labute approximate surface area is 185 Å². The number of hydrogen-bond acceptors (Lipinski definition) is 3. The highest BCUT2D eigenvalue weighted by Crippen LogP contribution is 2.70. The number of rotatable bonds is 4. The largest absolute Gasteiger partial charge is 0.373 e. The maximum Gasteiger partial charge on any atom is 0.227 e. The molecule has 2 amide bonds. The molecule has 5 atom stereocenters. The molecule has 2 heterocycles. The molecule has 2 bridgehead atoms. The third kappa shape index (κ3) is 3.14. The number of fused-ring (bicyclic) bond motifs is 1. The second-order valence-corrected chi connectivity index (χ2v) is 11.2. The van der Waals surface area contributed by atoms with E-state index in [0.717, 1.165) is 38.1 Å². The number of ether oxygens (including phenoxy) is 1. The van der Waals surface area contributed by atoms with Crippen LogP contribution in [0, 0.1) is 28.6 Å². The van der Waals surface area contributed by atoms with Crippen molar-refractivity contribution in [3.8, 4) is 0 Å². The molecule has 1 spiro atoms. The van der Waals surface area contributed by atoms with Gasteiger partial charge in [-0.15, -0.1) is 0 Å². The van der Waals surface area contributed by atoms with Gasteiger partial charge in [0.2, 0.25) is 11.8 Å². The number of nitrogens with one attached hydrogen (secondary N) is 1. The molecule has 2 saturated carbocycles. The quantitative estimate of drug-likeness (QED) is 0.776. The molecule has 0 radical (unpaired) electrons. The van der Waals surface area contributed by atoms with E-state index >= 15 is 0 Å². The standard InChI is InChI=1S/C26H36N2O3/c1-16(2)23(30)27-24-25(3,4)18-14-20-22(31-13-11-26(20,24)15-18)17-7-9-19(10-8-17)28-12-5-6-21(28)29/h7-10,16,18,20,22,24H,5-6,11-15H2,1-4H3,(H,27,30)/t18-,20-,22-,24+,26-/m1/s1. The van der Waals surface area contributed by atoms with Crippen molar-refractivity contribution >= 4 is 17.5 Å². The van der Waals surface area contributed by atoms with Gasteiger partial charge in [0.25, 0.3) is 0 Å². The maximum atomic E-state index is 12.7. The molecule has 2 aliphatic heterocycles. The minimum Gasteiger partial charge on any atom is -0.373 e. The molecular formula is C26H36N2O3. The number of anilines is 1. The Morgan fingerprint density at radius 2 is 1.97 bits per heavy atom. The summed E-state index contributed by atoms with van der Waals surface area (Å²) in [6, 6.07) is 8.68. The van der Waals surface area contributed by atoms with Crippen LogP contribution in [0.4, 0.5) is 5.69 Å². The smallest absolute Gasteiger partial charge is 0.227 e. The Kier molecular flexibility index (Phi) is 4.96. The van der Waals surface area contributed by atoms with Crippen LogP contribution in [0.25, 0.3) is 0 Å². The van der Waals surface area contributed by atoms with E-state index in [4.69, 9.17) is 4.74 Å². The van der Waals surface area contributed by atoms with Gasteiger partial charge in [0.15, 0.2) is 0 Å². The number of nitrogens with zero attached hydrogens (tertiary/aromatic N) is 1. The minimum atomic E-state index is 0.00116. The van der Waals surface area contributed by atoms with Gasteiger partial charge in [-0.2, -0.15) is 0 Å². The molecule has 5 nitrogen and oxygen atoms in total. The molecule has 4 aliphatic rings. The fourth-order valence-corrected chi connectivity index (χ4v) is 7.19. The number of carbonyl (C=O) groups is 2. The summed E-state index contributed by atoms with van der Waals surface area (Å²) in [6.45, 7) is 10.2. The zero-order valence-electron chi connectivity index (χ0n) is 19.3. The van der Waals surface area contributed by atoms with E-state index in [-0.39, 0.29) is 40.7 Å². The first-order valence-corrected chi connectivity index (χ1v) is 12.1. The molecule has 1 aromatic rings. The van der Waals surface area contributed by atoms with Gasteiger partial charge < -0.3 is 15.0 Å². The molecule has 0 aromatic heterocycles. The zero-order chi connectivity index (χ0) is 22.0. The van der Waals surface area contributed by atoms with Crippen molar-refractivity contribution in [2.75, 3.05) is 18.1 Å². The van der Waals surface area contributed by atoms with Gasteiger partial charge in [0.1, 0.15) is 0 Å². The van der Waals surface area contributed by atoms with E-state index in [1.165, 1.54) is 12.0 Å². The van der Waals surface area contributed by atoms with E-state index in [1.807, 2.05) is 18.7 Å². The lowest BCUT2D eigenvalue weighted by Crippen LogP contribution is -2.59. The Bertz CT molecular complexity index is 877. The average Bonchev–Trinajstić information content (AvgIpc) is 3.40. The van der Waals surface area contributed by atoms with Crippen LogP contribution in [0.3, 0.4) is 0 Å². The summed E-state index contributed by atoms with van der Waals surface area (Å²) in [4.78, 5) is 26.7. The summed E-state index contributed by atoms with van der Waals surface area (Å²) in [7, 11) is 0. The van der Waals surface area contributed by atoms with Crippen LogP contribution in [0.2, 0.25) is 0 Å². The molecule has 5 heteroatoms. The molecular weight excluding hydrogens is 388 g/mol. The van der Waals surface area contributed by atoms with Crippen molar-refractivity contribution in [3.63, 3.8) is 0 Å². The highest BCUT2D eigenvalue weighted by Gasteiger charge is 2.68. The molecule has 168 valence electrons. The molecule has 1 N–H and O–H groups in total. The SMILES string of the molecule is CC(C)C(=O)N[C@H]1C(C)(C)[C@@H]2C[C@@H]3[C@@H](c4ccc(N5CCCC5=O)cc4)OCC[C@@]31C2. The third-order valence-electron chi connectivity index (χ3n) is 8.92. The Morgan fingerprint density at radius 3 is 2.61 bits per heavy atom. The molecule has 2 saturated heterocycles.